The molecule has 0 aromatic heterocycles. The van der Waals surface area contributed by atoms with Gasteiger partial charge < -0.3 is 5.32 Å². The highest BCUT2D eigenvalue weighted by molar-refractivity contribution is 7.93. The number of nitrogens with one attached hydrogen (secondary N) is 1. The normalized spacial score (nSPS) is 14.1. The largest absolute Gasteiger partial charge is 0.322 e. The number of sulfonamides is 1. The van der Waals surface area contributed by atoms with E-state index in [9.17, 15) is 13.2 Å². The van der Waals surface area contributed by atoms with E-state index in [1.54, 1.807) is 55.5 Å². The number of amides is 1. The van der Waals surface area contributed by atoms with Gasteiger partial charge in [0.1, 0.15) is 0 Å². The van der Waals surface area contributed by atoms with Crippen LogP contribution >= 0.6 is 11.6 Å². The summed E-state index contributed by atoms with van der Waals surface area (Å²) in [6.45, 7) is 3.69. The van der Waals surface area contributed by atoms with Crippen molar-refractivity contribution >= 4 is 38.9 Å². The second kappa shape index (κ2) is 6.90. The Hall–Kier alpha value is -2.83. The molecule has 0 unspecified atom stereocenters. The number of anilines is 2. The molecule has 1 amide bonds. The molecule has 29 heavy (non-hydrogen) atoms. The van der Waals surface area contributed by atoms with Gasteiger partial charge in [0, 0.05) is 34.4 Å². The topological polar surface area (TPSA) is 66.5 Å². The van der Waals surface area contributed by atoms with Crippen molar-refractivity contribution in [2.24, 2.45) is 0 Å². The van der Waals surface area contributed by atoms with Gasteiger partial charge in [0.2, 0.25) is 0 Å². The van der Waals surface area contributed by atoms with Gasteiger partial charge in [0.05, 0.1) is 10.6 Å². The van der Waals surface area contributed by atoms with Crippen LogP contribution in [0.4, 0.5) is 11.4 Å². The van der Waals surface area contributed by atoms with E-state index in [0.29, 0.717) is 38.7 Å². The minimum atomic E-state index is -3.63. The van der Waals surface area contributed by atoms with Gasteiger partial charge in [-0.25, -0.2) is 8.42 Å². The van der Waals surface area contributed by atoms with Crippen LogP contribution in [0.15, 0.2) is 59.5 Å². The van der Waals surface area contributed by atoms with Gasteiger partial charge in [-0.15, -0.1) is 0 Å². The van der Waals surface area contributed by atoms with Crippen LogP contribution in [0.1, 0.15) is 21.5 Å². The number of fused-ring (bicyclic) bond motifs is 3. The highest BCUT2D eigenvalue weighted by Gasteiger charge is 2.33. The van der Waals surface area contributed by atoms with E-state index < -0.39 is 10.0 Å². The molecule has 0 saturated carbocycles. The third kappa shape index (κ3) is 3.18. The molecule has 1 aliphatic heterocycles. The molecule has 0 aliphatic carbocycles. The number of halogens is 1. The Labute approximate surface area is 175 Å². The lowest BCUT2D eigenvalue weighted by Crippen LogP contribution is -2.31. The SMILES string of the molecule is Cc1ccc(Cl)cc1NC(=O)c1cc(C)c2c(c1)-c1ccccc1S(=O)(=O)N2C. The minimum absolute atomic E-state index is 0.234. The van der Waals surface area contributed by atoms with Gasteiger partial charge in [0.25, 0.3) is 15.9 Å². The maximum absolute atomic E-state index is 13.0. The lowest BCUT2D eigenvalue weighted by atomic mass is 9.96. The molecule has 148 valence electrons. The molecular formula is C22H19ClN2O3S. The molecule has 3 aromatic carbocycles. The van der Waals surface area contributed by atoms with Gasteiger partial charge in [0.15, 0.2) is 0 Å². The highest BCUT2D eigenvalue weighted by Crippen LogP contribution is 2.44. The first-order chi connectivity index (χ1) is 13.7. The van der Waals surface area contributed by atoms with Crippen molar-refractivity contribution in [3.63, 3.8) is 0 Å². The summed E-state index contributed by atoms with van der Waals surface area (Å²) in [5.74, 6) is -0.283. The van der Waals surface area contributed by atoms with Crippen LogP contribution in [0, 0.1) is 13.8 Å². The number of hydrogen-bond acceptors (Lipinski definition) is 3. The van der Waals surface area contributed by atoms with E-state index in [1.165, 1.54) is 11.4 Å². The van der Waals surface area contributed by atoms with Crippen molar-refractivity contribution in [2.75, 3.05) is 16.7 Å². The fourth-order valence-corrected chi connectivity index (χ4v) is 5.30. The van der Waals surface area contributed by atoms with E-state index in [1.807, 2.05) is 13.0 Å². The van der Waals surface area contributed by atoms with E-state index >= 15 is 0 Å². The summed E-state index contributed by atoms with van der Waals surface area (Å²) < 4.78 is 27.0. The second-order valence-electron chi connectivity index (χ2n) is 7.07. The van der Waals surface area contributed by atoms with Crippen molar-refractivity contribution in [1.29, 1.82) is 0 Å². The zero-order valence-corrected chi connectivity index (χ0v) is 17.7. The Balaban J connectivity index is 1.83. The summed E-state index contributed by atoms with van der Waals surface area (Å²) in [4.78, 5) is 13.2. The summed E-state index contributed by atoms with van der Waals surface area (Å²) in [7, 11) is -2.10. The van der Waals surface area contributed by atoms with E-state index in [2.05, 4.69) is 5.32 Å². The number of benzene rings is 3. The quantitative estimate of drug-likeness (QED) is 0.626. The zero-order valence-electron chi connectivity index (χ0n) is 16.2. The van der Waals surface area contributed by atoms with Crippen molar-refractivity contribution < 1.29 is 13.2 Å². The van der Waals surface area contributed by atoms with Crippen LogP contribution in [-0.4, -0.2) is 21.4 Å². The monoisotopic (exact) mass is 426 g/mol. The molecule has 4 rings (SSSR count). The standard InChI is InChI=1S/C22H19ClN2O3S/c1-13-8-9-16(23)12-19(13)24-22(26)15-10-14(2)21-18(11-15)17-6-4-5-7-20(17)29(27,28)25(21)3/h4-12H,1-3H3,(H,24,26). The smallest absolute Gasteiger partial charge is 0.264 e. The van der Waals surface area contributed by atoms with Crippen LogP contribution in [0.2, 0.25) is 5.02 Å². The molecule has 0 fully saturated rings. The average Bonchev–Trinajstić information content (AvgIpc) is 2.68. The van der Waals surface area contributed by atoms with Gasteiger partial charge in [-0.3, -0.25) is 9.10 Å². The second-order valence-corrected chi connectivity index (χ2v) is 9.45. The van der Waals surface area contributed by atoms with Crippen molar-refractivity contribution in [3.05, 3.63) is 76.3 Å². The molecule has 0 atom stereocenters. The van der Waals surface area contributed by atoms with Crippen LogP contribution in [0.25, 0.3) is 11.1 Å². The third-order valence-corrected chi connectivity index (χ3v) is 7.19. The summed E-state index contributed by atoms with van der Waals surface area (Å²) in [6.07, 6.45) is 0. The molecule has 0 spiro atoms. The molecule has 1 aliphatic rings. The van der Waals surface area contributed by atoms with Crippen molar-refractivity contribution in [1.82, 2.24) is 0 Å². The van der Waals surface area contributed by atoms with Crippen LogP contribution in [0.5, 0.6) is 0 Å². The first-order valence-electron chi connectivity index (χ1n) is 9.00. The number of hydrogen-bond donors (Lipinski definition) is 1. The van der Waals surface area contributed by atoms with E-state index in [0.717, 1.165) is 5.56 Å². The van der Waals surface area contributed by atoms with Gasteiger partial charge >= 0.3 is 0 Å². The number of nitrogens with zero attached hydrogens (tertiary/aromatic N) is 1. The lowest BCUT2D eigenvalue weighted by molar-refractivity contribution is 0.102. The van der Waals surface area contributed by atoms with E-state index in [4.69, 9.17) is 11.6 Å². The van der Waals surface area contributed by atoms with Crippen LogP contribution < -0.4 is 9.62 Å². The van der Waals surface area contributed by atoms with Crippen LogP contribution in [-0.2, 0) is 10.0 Å². The number of carbonyl (C=O) groups is 1. The summed E-state index contributed by atoms with van der Waals surface area (Å²) in [6, 6.07) is 15.6. The number of aryl methyl sites for hydroxylation is 2. The van der Waals surface area contributed by atoms with Gasteiger partial charge in [-0.1, -0.05) is 35.9 Å². The molecule has 5 nitrogen and oxygen atoms in total. The first-order valence-corrected chi connectivity index (χ1v) is 10.8. The van der Waals surface area contributed by atoms with Crippen LogP contribution in [0.3, 0.4) is 0 Å². The minimum Gasteiger partial charge on any atom is -0.322 e. The maximum atomic E-state index is 13.0. The maximum Gasteiger partial charge on any atom is 0.264 e. The number of rotatable bonds is 2. The zero-order chi connectivity index (χ0) is 20.9. The number of carbonyl (C=O) groups excluding carboxylic acids is 1. The highest BCUT2D eigenvalue weighted by atomic mass is 35.5. The molecular weight excluding hydrogens is 408 g/mol. The molecule has 0 saturated heterocycles. The molecule has 0 bridgehead atoms. The fraction of sp³-hybridized carbons (Fsp3) is 0.136. The summed E-state index contributed by atoms with van der Waals surface area (Å²) >= 11 is 6.05. The Bertz CT molecular complexity index is 1270. The lowest BCUT2D eigenvalue weighted by Gasteiger charge is -2.31. The predicted octanol–water partition coefficient (Wildman–Crippen LogP) is 5.01. The Morgan fingerprint density at radius 1 is 0.966 bits per heavy atom. The molecule has 1 N–H and O–H groups in total. The first kappa shape index (κ1) is 19.5. The summed E-state index contributed by atoms with van der Waals surface area (Å²) in [5.41, 5.74) is 4.58. The van der Waals surface area contributed by atoms with Gasteiger partial charge in [-0.05, 0) is 55.3 Å². The Morgan fingerprint density at radius 3 is 2.45 bits per heavy atom. The Kier molecular flexibility index (Phi) is 4.63. The molecule has 0 radical (unpaired) electrons. The Morgan fingerprint density at radius 2 is 1.69 bits per heavy atom. The molecule has 3 aromatic rings. The fourth-order valence-electron chi connectivity index (χ4n) is 3.64. The average molecular weight is 427 g/mol. The molecule has 7 heteroatoms. The predicted molar refractivity (Wildman–Crippen MR) is 116 cm³/mol. The van der Waals surface area contributed by atoms with Crippen molar-refractivity contribution in [3.8, 4) is 11.1 Å². The third-order valence-electron chi connectivity index (χ3n) is 5.14. The van der Waals surface area contributed by atoms with Gasteiger partial charge in [-0.2, -0.15) is 0 Å². The summed E-state index contributed by atoms with van der Waals surface area (Å²) in [5, 5.41) is 3.43. The van der Waals surface area contributed by atoms with Crippen molar-refractivity contribution in [2.45, 2.75) is 18.7 Å². The van der Waals surface area contributed by atoms with E-state index in [-0.39, 0.29) is 10.8 Å². The molecule has 1 heterocycles.